The van der Waals surface area contributed by atoms with Crippen molar-refractivity contribution in [1.82, 2.24) is 15.5 Å². The van der Waals surface area contributed by atoms with Crippen LogP contribution in [-0.2, 0) is 0 Å². The van der Waals surface area contributed by atoms with Crippen molar-refractivity contribution in [2.75, 3.05) is 26.2 Å². The lowest BCUT2D eigenvalue weighted by atomic mass is 10.3. The molecule has 20 heavy (non-hydrogen) atoms. The zero-order chi connectivity index (χ0) is 13.7. The molecule has 1 atom stereocenters. The van der Waals surface area contributed by atoms with E-state index in [0.717, 1.165) is 35.4 Å². The second-order valence-electron chi connectivity index (χ2n) is 4.28. The number of hydrogen-bond donors (Lipinski definition) is 2. The summed E-state index contributed by atoms with van der Waals surface area (Å²) in [6, 6.07) is 3.47. The summed E-state index contributed by atoms with van der Waals surface area (Å²) in [5, 5.41) is 6.10. The first-order valence-electron chi connectivity index (χ1n) is 6.18. The molecule has 1 unspecified atom stereocenters. The molecule has 1 saturated heterocycles. The summed E-state index contributed by atoms with van der Waals surface area (Å²) in [7, 11) is 0. The van der Waals surface area contributed by atoms with E-state index < -0.39 is 0 Å². The number of rotatable bonds is 1. The molecule has 0 aliphatic carbocycles. The van der Waals surface area contributed by atoms with Crippen molar-refractivity contribution in [2.24, 2.45) is 0 Å². The fourth-order valence-corrected chi connectivity index (χ4v) is 2.65. The van der Waals surface area contributed by atoms with Crippen molar-refractivity contribution >= 4 is 41.4 Å². The van der Waals surface area contributed by atoms with Crippen LogP contribution in [0.25, 0.3) is 0 Å². The van der Waals surface area contributed by atoms with Crippen LogP contribution in [0, 0.1) is 11.8 Å². The summed E-state index contributed by atoms with van der Waals surface area (Å²) in [6.45, 7) is 5.06. The van der Waals surface area contributed by atoms with Crippen molar-refractivity contribution in [2.45, 2.75) is 13.0 Å². The summed E-state index contributed by atoms with van der Waals surface area (Å²) in [6.07, 6.45) is 0. The predicted octanol–water partition coefficient (Wildman–Crippen LogP) is 2.18. The third kappa shape index (κ3) is 5.22. The molecule has 2 heterocycles. The monoisotopic (exact) mass is 333 g/mol. The maximum absolute atomic E-state index is 11.9. The molecule has 4 nitrogen and oxygen atoms in total. The van der Waals surface area contributed by atoms with E-state index in [4.69, 9.17) is 11.6 Å². The highest BCUT2D eigenvalue weighted by Gasteiger charge is 2.16. The fourth-order valence-electron chi connectivity index (χ4n) is 1.74. The van der Waals surface area contributed by atoms with Gasteiger partial charge in [0.1, 0.15) is 0 Å². The minimum atomic E-state index is -0.178. The van der Waals surface area contributed by atoms with Gasteiger partial charge in [-0.1, -0.05) is 23.4 Å². The number of halogens is 2. The van der Waals surface area contributed by atoms with E-state index >= 15 is 0 Å². The Bertz CT molecular complexity index is 503. The topological polar surface area (TPSA) is 44.4 Å². The molecule has 2 rings (SSSR count). The predicted molar refractivity (Wildman–Crippen MR) is 85.9 cm³/mol. The van der Waals surface area contributed by atoms with Gasteiger partial charge < -0.3 is 15.5 Å². The number of amides is 2. The number of carbonyl (C=O) groups excluding carboxylic acids is 1. The van der Waals surface area contributed by atoms with E-state index in [-0.39, 0.29) is 24.5 Å². The Morgan fingerprint density at radius 1 is 1.50 bits per heavy atom. The number of thiophene rings is 1. The molecule has 0 radical (unpaired) electrons. The molecule has 2 N–H and O–H groups in total. The number of piperazine rings is 1. The number of carbonyl (C=O) groups is 1. The van der Waals surface area contributed by atoms with Gasteiger partial charge in [0.05, 0.1) is 15.3 Å². The maximum Gasteiger partial charge on any atom is 0.318 e. The Morgan fingerprint density at radius 2 is 2.20 bits per heavy atom. The van der Waals surface area contributed by atoms with E-state index in [0.29, 0.717) is 0 Å². The highest BCUT2D eigenvalue weighted by atomic mass is 35.5. The van der Waals surface area contributed by atoms with Gasteiger partial charge in [-0.3, -0.25) is 0 Å². The van der Waals surface area contributed by atoms with Crippen LogP contribution in [-0.4, -0.2) is 43.2 Å². The molecular weight excluding hydrogens is 317 g/mol. The average Bonchev–Trinajstić information content (AvgIpc) is 2.83. The summed E-state index contributed by atoms with van der Waals surface area (Å²) < 4.78 is 0.724. The van der Waals surface area contributed by atoms with Crippen LogP contribution in [0.3, 0.4) is 0 Å². The average molecular weight is 334 g/mol. The first-order chi connectivity index (χ1) is 9.15. The highest BCUT2D eigenvalue weighted by molar-refractivity contribution is 7.16. The van der Waals surface area contributed by atoms with E-state index in [9.17, 15) is 4.79 Å². The van der Waals surface area contributed by atoms with Crippen molar-refractivity contribution in [3.8, 4) is 11.8 Å². The Labute approximate surface area is 134 Å². The van der Waals surface area contributed by atoms with Gasteiger partial charge in [-0.2, -0.15) is 0 Å². The Balaban J connectivity index is 0.00000200. The Kier molecular flexibility index (Phi) is 7.17. The highest BCUT2D eigenvalue weighted by Crippen LogP contribution is 2.20. The van der Waals surface area contributed by atoms with Crippen molar-refractivity contribution in [3.63, 3.8) is 0 Å². The fraction of sp³-hybridized carbons (Fsp3) is 0.462. The standard InChI is InChI=1S/C13H16ClN3OS.ClH/c1-10(2-3-11-4-5-12(14)19-11)16-13(18)17-8-6-15-7-9-17;/h4-5,10,15H,6-9H2,1H3,(H,16,18);1H. The summed E-state index contributed by atoms with van der Waals surface area (Å²) in [5.41, 5.74) is 0. The summed E-state index contributed by atoms with van der Waals surface area (Å²) >= 11 is 7.27. The second-order valence-corrected chi connectivity index (χ2v) is 6.00. The molecule has 1 aliphatic rings. The quantitative estimate of drug-likeness (QED) is 0.773. The molecule has 0 aromatic carbocycles. The van der Waals surface area contributed by atoms with Gasteiger partial charge in [0.15, 0.2) is 0 Å². The summed E-state index contributed by atoms with van der Waals surface area (Å²) in [5.74, 6) is 6.02. The van der Waals surface area contributed by atoms with Gasteiger partial charge in [-0.25, -0.2) is 4.79 Å². The molecule has 1 fully saturated rings. The van der Waals surface area contributed by atoms with Gasteiger partial charge in [0.2, 0.25) is 0 Å². The minimum Gasteiger partial charge on any atom is -0.325 e. The first-order valence-corrected chi connectivity index (χ1v) is 7.37. The van der Waals surface area contributed by atoms with E-state index in [2.05, 4.69) is 22.5 Å². The van der Waals surface area contributed by atoms with Crippen LogP contribution in [0.2, 0.25) is 4.34 Å². The number of nitrogens with one attached hydrogen (secondary N) is 2. The van der Waals surface area contributed by atoms with Crippen LogP contribution < -0.4 is 10.6 Å². The molecule has 7 heteroatoms. The van der Waals surface area contributed by atoms with Crippen molar-refractivity contribution < 1.29 is 4.79 Å². The third-order valence-electron chi connectivity index (χ3n) is 2.73. The van der Waals surface area contributed by atoms with E-state index in [1.807, 2.05) is 19.1 Å². The van der Waals surface area contributed by atoms with Gasteiger partial charge in [0.25, 0.3) is 0 Å². The lowest BCUT2D eigenvalue weighted by molar-refractivity contribution is 0.189. The van der Waals surface area contributed by atoms with E-state index in [1.165, 1.54) is 11.3 Å². The number of hydrogen-bond acceptors (Lipinski definition) is 3. The zero-order valence-corrected chi connectivity index (χ0v) is 13.5. The van der Waals surface area contributed by atoms with Gasteiger partial charge >= 0.3 is 6.03 Å². The number of nitrogens with zero attached hydrogens (tertiary/aromatic N) is 1. The Morgan fingerprint density at radius 3 is 2.80 bits per heavy atom. The van der Waals surface area contributed by atoms with Gasteiger partial charge in [-0.15, -0.1) is 23.7 Å². The van der Waals surface area contributed by atoms with Crippen LogP contribution in [0.1, 0.15) is 11.8 Å². The van der Waals surface area contributed by atoms with Crippen LogP contribution in [0.4, 0.5) is 4.79 Å². The zero-order valence-electron chi connectivity index (χ0n) is 11.1. The SMILES string of the molecule is CC(C#Cc1ccc(Cl)s1)NC(=O)N1CCNCC1.Cl. The maximum atomic E-state index is 11.9. The van der Waals surface area contributed by atoms with Crippen molar-refractivity contribution in [3.05, 3.63) is 21.3 Å². The molecule has 1 aliphatic heterocycles. The molecular formula is C13H17Cl2N3OS. The third-order valence-corrected chi connectivity index (χ3v) is 3.88. The van der Waals surface area contributed by atoms with Crippen LogP contribution >= 0.6 is 35.3 Å². The molecule has 1 aromatic heterocycles. The summed E-state index contributed by atoms with van der Waals surface area (Å²) in [4.78, 5) is 14.6. The normalized spacial score (nSPS) is 15.6. The molecule has 110 valence electrons. The molecule has 0 saturated carbocycles. The minimum absolute atomic E-state index is 0. The lowest BCUT2D eigenvalue weighted by Gasteiger charge is -2.28. The van der Waals surface area contributed by atoms with Gasteiger partial charge in [-0.05, 0) is 19.1 Å². The van der Waals surface area contributed by atoms with Crippen LogP contribution in [0.5, 0.6) is 0 Å². The smallest absolute Gasteiger partial charge is 0.318 e. The Hall–Kier alpha value is -0.930. The van der Waals surface area contributed by atoms with E-state index in [1.54, 1.807) is 4.90 Å². The molecule has 0 spiro atoms. The van der Waals surface area contributed by atoms with Gasteiger partial charge in [0, 0.05) is 26.2 Å². The van der Waals surface area contributed by atoms with Crippen molar-refractivity contribution in [1.29, 1.82) is 0 Å². The number of urea groups is 1. The lowest BCUT2D eigenvalue weighted by Crippen LogP contribution is -2.51. The molecule has 2 amide bonds. The van der Waals surface area contributed by atoms with Crippen LogP contribution in [0.15, 0.2) is 12.1 Å². The largest absolute Gasteiger partial charge is 0.325 e. The molecule has 1 aromatic rings. The first kappa shape index (κ1) is 17.1. The second kappa shape index (κ2) is 8.38. The molecule has 0 bridgehead atoms.